The van der Waals surface area contributed by atoms with Gasteiger partial charge in [0.25, 0.3) is 0 Å². The second-order valence-corrected chi connectivity index (χ2v) is 6.39. The highest BCUT2D eigenvalue weighted by Gasteiger charge is 2.35. The highest BCUT2D eigenvalue weighted by molar-refractivity contribution is 7.89. The predicted octanol–water partition coefficient (Wildman–Crippen LogP) is 1.53. The van der Waals surface area contributed by atoms with Gasteiger partial charge in [-0.15, -0.1) is 11.6 Å². The largest absolute Gasteiger partial charge is 0.397 e. The standard InChI is InChI=1S/C9H11Cl2N3O2S/c1-14-9(4-10)13-7-2-5(11)6(12)3-8(7)17(14,15)16/h2-3,9,13H,4,12H2,1H3. The van der Waals surface area contributed by atoms with E-state index < -0.39 is 16.2 Å². The summed E-state index contributed by atoms with van der Waals surface area (Å²) in [6.45, 7) is 0. The maximum Gasteiger partial charge on any atom is 0.246 e. The molecular weight excluding hydrogens is 285 g/mol. The van der Waals surface area contributed by atoms with Gasteiger partial charge in [-0.25, -0.2) is 8.42 Å². The second-order valence-electron chi connectivity index (χ2n) is 3.71. The Hall–Kier alpha value is -0.690. The van der Waals surface area contributed by atoms with Gasteiger partial charge in [-0.1, -0.05) is 11.6 Å². The van der Waals surface area contributed by atoms with Crippen molar-refractivity contribution in [3.8, 4) is 0 Å². The Kier molecular flexibility index (Phi) is 3.15. The lowest BCUT2D eigenvalue weighted by Gasteiger charge is -2.33. The average Bonchev–Trinajstić information content (AvgIpc) is 2.27. The number of alkyl halides is 1. The number of anilines is 2. The van der Waals surface area contributed by atoms with Crippen molar-refractivity contribution in [3.05, 3.63) is 17.2 Å². The van der Waals surface area contributed by atoms with Crippen LogP contribution in [-0.2, 0) is 10.0 Å². The van der Waals surface area contributed by atoms with E-state index in [0.29, 0.717) is 10.7 Å². The molecule has 0 amide bonds. The minimum absolute atomic E-state index is 0.114. The van der Waals surface area contributed by atoms with Crippen LogP contribution in [0.3, 0.4) is 0 Å². The van der Waals surface area contributed by atoms with Crippen LogP contribution in [0.4, 0.5) is 11.4 Å². The molecule has 0 radical (unpaired) electrons. The van der Waals surface area contributed by atoms with Gasteiger partial charge in [-0.05, 0) is 12.1 Å². The van der Waals surface area contributed by atoms with Gasteiger partial charge in [0, 0.05) is 7.05 Å². The average molecular weight is 296 g/mol. The molecule has 8 heteroatoms. The molecule has 0 aromatic heterocycles. The minimum Gasteiger partial charge on any atom is -0.397 e. The van der Waals surface area contributed by atoms with E-state index in [1.165, 1.54) is 23.5 Å². The number of rotatable bonds is 1. The number of nitrogens with one attached hydrogen (secondary N) is 1. The van der Waals surface area contributed by atoms with Crippen molar-refractivity contribution in [2.45, 2.75) is 11.1 Å². The molecule has 0 saturated carbocycles. The molecule has 0 spiro atoms. The number of hydrogen-bond acceptors (Lipinski definition) is 4. The fourth-order valence-electron chi connectivity index (χ4n) is 1.62. The quantitative estimate of drug-likeness (QED) is 0.609. The lowest BCUT2D eigenvalue weighted by Crippen LogP contribution is -2.47. The zero-order chi connectivity index (χ0) is 12.8. The highest BCUT2D eigenvalue weighted by Crippen LogP contribution is 2.36. The van der Waals surface area contributed by atoms with Crippen molar-refractivity contribution >= 4 is 44.6 Å². The molecular formula is C9H11Cl2N3O2S. The van der Waals surface area contributed by atoms with E-state index in [-0.39, 0.29) is 16.5 Å². The predicted molar refractivity (Wildman–Crippen MR) is 68.9 cm³/mol. The van der Waals surface area contributed by atoms with Gasteiger partial charge in [0.05, 0.1) is 22.3 Å². The first-order valence-corrected chi connectivity index (χ1v) is 7.12. The van der Waals surface area contributed by atoms with Gasteiger partial charge in [-0.2, -0.15) is 4.31 Å². The first-order chi connectivity index (χ1) is 7.87. The van der Waals surface area contributed by atoms with Gasteiger partial charge in [-0.3, -0.25) is 0 Å². The van der Waals surface area contributed by atoms with Crippen molar-refractivity contribution in [2.24, 2.45) is 0 Å². The van der Waals surface area contributed by atoms with Crippen LogP contribution in [0.1, 0.15) is 0 Å². The van der Waals surface area contributed by atoms with Crippen molar-refractivity contribution < 1.29 is 8.42 Å². The molecule has 1 aliphatic heterocycles. The molecule has 3 N–H and O–H groups in total. The van der Waals surface area contributed by atoms with Crippen molar-refractivity contribution in [2.75, 3.05) is 24.0 Å². The summed E-state index contributed by atoms with van der Waals surface area (Å²) in [5, 5.41) is 3.30. The normalized spacial score (nSPS) is 22.9. The lowest BCUT2D eigenvalue weighted by molar-refractivity contribution is 0.412. The summed E-state index contributed by atoms with van der Waals surface area (Å²) in [5.41, 5.74) is 6.26. The van der Waals surface area contributed by atoms with E-state index >= 15 is 0 Å². The molecule has 0 bridgehead atoms. The Bertz CT molecular complexity index is 562. The number of nitrogens with two attached hydrogens (primary N) is 1. The summed E-state index contributed by atoms with van der Waals surface area (Å²) in [5.74, 6) is 0.136. The van der Waals surface area contributed by atoms with Crippen LogP contribution in [0, 0.1) is 0 Å². The zero-order valence-corrected chi connectivity index (χ0v) is 11.3. The van der Waals surface area contributed by atoms with Crippen molar-refractivity contribution in [3.63, 3.8) is 0 Å². The summed E-state index contributed by atoms with van der Waals surface area (Å²) in [7, 11) is -2.11. The number of nitrogens with zero attached hydrogens (tertiary/aromatic N) is 1. The Morgan fingerprint density at radius 3 is 2.76 bits per heavy atom. The molecule has 1 unspecified atom stereocenters. The third-order valence-corrected chi connectivity index (χ3v) is 5.19. The van der Waals surface area contributed by atoms with Crippen LogP contribution in [-0.4, -0.2) is 31.8 Å². The number of benzene rings is 1. The van der Waals surface area contributed by atoms with E-state index in [0.717, 1.165) is 0 Å². The molecule has 1 aliphatic rings. The van der Waals surface area contributed by atoms with Crippen molar-refractivity contribution in [1.29, 1.82) is 0 Å². The molecule has 5 nitrogen and oxygen atoms in total. The van der Waals surface area contributed by atoms with Crippen LogP contribution in [0.15, 0.2) is 17.0 Å². The third-order valence-electron chi connectivity index (χ3n) is 2.66. The second kappa shape index (κ2) is 4.20. The number of hydrogen-bond donors (Lipinski definition) is 2. The van der Waals surface area contributed by atoms with E-state index in [4.69, 9.17) is 28.9 Å². The molecule has 1 atom stereocenters. The maximum atomic E-state index is 12.2. The summed E-state index contributed by atoms with van der Waals surface area (Å²) in [4.78, 5) is 0.114. The molecule has 0 saturated heterocycles. The molecule has 17 heavy (non-hydrogen) atoms. The highest BCUT2D eigenvalue weighted by atomic mass is 35.5. The molecule has 94 valence electrons. The minimum atomic E-state index is -3.57. The molecule has 2 rings (SSSR count). The molecule has 1 aromatic rings. The summed E-state index contributed by atoms with van der Waals surface area (Å²) in [6.07, 6.45) is -0.492. The van der Waals surface area contributed by atoms with Crippen LogP contribution in [0.2, 0.25) is 5.02 Å². The number of halogens is 2. The Morgan fingerprint density at radius 2 is 2.18 bits per heavy atom. The van der Waals surface area contributed by atoms with E-state index in [9.17, 15) is 8.42 Å². The SMILES string of the molecule is CN1C(CCl)Nc2cc(Cl)c(N)cc2S1(=O)=O. The first kappa shape index (κ1) is 12.8. The topological polar surface area (TPSA) is 75.4 Å². The summed E-state index contributed by atoms with van der Waals surface area (Å²) >= 11 is 11.6. The van der Waals surface area contributed by atoms with Gasteiger partial charge >= 0.3 is 0 Å². The summed E-state index contributed by atoms with van der Waals surface area (Å²) < 4.78 is 25.5. The third kappa shape index (κ3) is 1.95. The van der Waals surface area contributed by atoms with Crippen LogP contribution >= 0.6 is 23.2 Å². The van der Waals surface area contributed by atoms with Crippen LogP contribution in [0.25, 0.3) is 0 Å². The molecule has 1 aromatic carbocycles. The van der Waals surface area contributed by atoms with Gasteiger partial charge in [0.2, 0.25) is 10.0 Å². The number of fused-ring (bicyclic) bond motifs is 1. The fraction of sp³-hybridized carbons (Fsp3) is 0.333. The summed E-state index contributed by atoms with van der Waals surface area (Å²) in [6, 6.07) is 2.84. The van der Waals surface area contributed by atoms with Crippen molar-refractivity contribution in [1.82, 2.24) is 4.31 Å². The molecule has 1 heterocycles. The Morgan fingerprint density at radius 1 is 1.53 bits per heavy atom. The molecule has 0 aliphatic carbocycles. The smallest absolute Gasteiger partial charge is 0.246 e. The van der Waals surface area contributed by atoms with E-state index in [2.05, 4.69) is 5.32 Å². The van der Waals surface area contributed by atoms with Gasteiger partial charge in [0.1, 0.15) is 11.1 Å². The van der Waals surface area contributed by atoms with Gasteiger partial charge < -0.3 is 11.1 Å². The number of sulfonamides is 1. The van der Waals surface area contributed by atoms with Gasteiger partial charge in [0.15, 0.2) is 0 Å². The van der Waals surface area contributed by atoms with Crippen LogP contribution < -0.4 is 11.1 Å². The first-order valence-electron chi connectivity index (χ1n) is 4.77. The number of nitrogen functional groups attached to an aromatic ring is 1. The molecule has 0 fully saturated rings. The Labute approximate surface area is 110 Å². The fourth-order valence-corrected chi connectivity index (χ4v) is 3.60. The Balaban J connectivity index is 2.66. The van der Waals surface area contributed by atoms with E-state index in [1.54, 1.807) is 0 Å². The van der Waals surface area contributed by atoms with Crippen LogP contribution in [0.5, 0.6) is 0 Å². The monoisotopic (exact) mass is 295 g/mol. The lowest BCUT2D eigenvalue weighted by atomic mass is 10.2. The van der Waals surface area contributed by atoms with E-state index in [1.807, 2.05) is 0 Å². The maximum absolute atomic E-state index is 12.2. The zero-order valence-electron chi connectivity index (χ0n) is 8.94.